The van der Waals surface area contributed by atoms with Crippen LogP contribution < -0.4 is 10.1 Å². The van der Waals surface area contributed by atoms with Crippen LogP contribution >= 0.6 is 0 Å². The second-order valence-corrected chi connectivity index (χ2v) is 4.84. The van der Waals surface area contributed by atoms with Crippen LogP contribution in [-0.4, -0.2) is 21.9 Å². The van der Waals surface area contributed by atoms with E-state index in [0.29, 0.717) is 12.5 Å². The lowest BCUT2D eigenvalue weighted by Crippen LogP contribution is -2.13. The fourth-order valence-electron chi connectivity index (χ4n) is 1.84. The van der Waals surface area contributed by atoms with Crippen molar-refractivity contribution in [2.75, 3.05) is 12.4 Å². The molecule has 0 spiro atoms. The monoisotopic (exact) mass is 260 g/mol. The van der Waals surface area contributed by atoms with Crippen molar-refractivity contribution in [1.82, 2.24) is 14.8 Å². The Morgan fingerprint density at radius 3 is 2.95 bits per heavy atom. The van der Waals surface area contributed by atoms with Gasteiger partial charge in [-0.15, -0.1) is 0 Å². The van der Waals surface area contributed by atoms with Gasteiger partial charge in [0.15, 0.2) is 0 Å². The molecule has 0 amide bonds. The van der Waals surface area contributed by atoms with Crippen LogP contribution in [0.5, 0.6) is 5.75 Å². The Kier molecular flexibility index (Phi) is 4.39. The summed E-state index contributed by atoms with van der Waals surface area (Å²) >= 11 is 0. The summed E-state index contributed by atoms with van der Waals surface area (Å²) in [7, 11) is 1.67. The molecule has 5 nitrogen and oxygen atoms in total. The molecule has 2 rings (SSSR count). The Labute approximate surface area is 113 Å². The van der Waals surface area contributed by atoms with Crippen molar-refractivity contribution in [3.05, 3.63) is 36.4 Å². The van der Waals surface area contributed by atoms with Crippen LogP contribution in [0.2, 0.25) is 0 Å². The van der Waals surface area contributed by atoms with Gasteiger partial charge in [0.2, 0.25) is 0 Å². The first-order valence-electron chi connectivity index (χ1n) is 6.43. The molecule has 0 atom stereocenters. The van der Waals surface area contributed by atoms with Crippen molar-refractivity contribution in [1.29, 1.82) is 0 Å². The Bertz CT molecular complexity index is 522. The normalized spacial score (nSPS) is 10.7. The first-order chi connectivity index (χ1) is 9.19. The topological polar surface area (TPSA) is 52.0 Å². The number of nitrogens with zero attached hydrogens (tertiary/aromatic N) is 3. The molecule has 0 saturated heterocycles. The van der Waals surface area contributed by atoms with Gasteiger partial charge < -0.3 is 10.1 Å². The highest BCUT2D eigenvalue weighted by atomic mass is 16.5. The molecule has 0 radical (unpaired) electrons. The minimum absolute atomic E-state index is 0.553. The van der Waals surface area contributed by atoms with Crippen LogP contribution in [0.4, 0.5) is 5.69 Å². The lowest BCUT2D eigenvalue weighted by molar-refractivity contribution is 0.415. The van der Waals surface area contributed by atoms with Gasteiger partial charge in [-0.05, 0) is 18.1 Å². The molecule has 2 aromatic rings. The molecule has 0 saturated carbocycles. The number of benzene rings is 1. The van der Waals surface area contributed by atoms with Crippen molar-refractivity contribution in [2.45, 2.75) is 26.9 Å². The zero-order valence-corrected chi connectivity index (χ0v) is 11.6. The second-order valence-electron chi connectivity index (χ2n) is 4.84. The minimum atomic E-state index is 0.553. The Morgan fingerprint density at radius 2 is 2.21 bits per heavy atom. The van der Waals surface area contributed by atoms with Gasteiger partial charge in [0, 0.05) is 18.3 Å². The van der Waals surface area contributed by atoms with Gasteiger partial charge in [0.05, 0.1) is 13.7 Å². The van der Waals surface area contributed by atoms with Crippen molar-refractivity contribution in [3.8, 4) is 5.75 Å². The fourth-order valence-corrected chi connectivity index (χ4v) is 1.84. The Balaban J connectivity index is 2.00. The van der Waals surface area contributed by atoms with Crippen LogP contribution in [0.3, 0.4) is 0 Å². The summed E-state index contributed by atoms with van der Waals surface area (Å²) in [5, 5.41) is 7.58. The third kappa shape index (κ3) is 3.71. The van der Waals surface area contributed by atoms with E-state index in [2.05, 4.69) is 29.2 Å². The summed E-state index contributed by atoms with van der Waals surface area (Å²) in [6.45, 7) is 5.87. The fraction of sp³-hybridized carbons (Fsp3) is 0.429. The van der Waals surface area contributed by atoms with Crippen molar-refractivity contribution in [3.63, 3.8) is 0 Å². The summed E-state index contributed by atoms with van der Waals surface area (Å²) in [4.78, 5) is 4.28. The number of hydrogen-bond acceptors (Lipinski definition) is 4. The summed E-state index contributed by atoms with van der Waals surface area (Å²) in [5.74, 6) is 2.34. The number of nitrogens with one attached hydrogen (secondary N) is 1. The van der Waals surface area contributed by atoms with E-state index in [0.717, 1.165) is 23.8 Å². The standard InChI is InChI=1S/C14H20N4O/c1-11(2)9-18-14(16-10-17-18)8-15-12-5-4-6-13(7-12)19-3/h4-7,10-11,15H,8-9H2,1-3H3. The summed E-state index contributed by atoms with van der Waals surface area (Å²) in [6, 6.07) is 7.85. The van der Waals surface area contributed by atoms with Gasteiger partial charge in [0.25, 0.3) is 0 Å². The highest BCUT2D eigenvalue weighted by Crippen LogP contribution is 2.17. The number of methoxy groups -OCH3 is 1. The van der Waals surface area contributed by atoms with Gasteiger partial charge >= 0.3 is 0 Å². The van der Waals surface area contributed by atoms with Crippen LogP contribution in [0.25, 0.3) is 0 Å². The Morgan fingerprint density at radius 1 is 1.37 bits per heavy atom. The molecular formula is C14H20N4O. The first-order valence-corrected chi connectivity index (χ1v) is 6.43. The number of hydrogen-bond donors (Lipinski definition) is 1. The maximum Gasteiger partial charge on any atom is 0.146 e. The molecule has 1 aromatic carbocycles. The van der Waals surface area contributed by atoms with Crippen LogP contribution in [0.15, 0.2) is 30.6 Å². The van der Waals surface area contributed by atoms with Gasteiger partial charge in [-0.3, -0.25) is 0 Å². The van der Waals surface area contributed by atoms with E-state index in [4.69, 9.17) is 4.74 Å². The summed E-state index contributed by atoms with van der Waals surface area (Å²) in [6.07, 6.45) is 1.60. The average molecular weight is 260 g/mol. The van der Waals surface area contributed by atoms with Gasteiger partial charge in [-0.2, -0.15) is 5.10 Å². The smallest absolute Gasteiger partial charge is 0.146 e. The van der Waals surface area contributed by atoms with Crippen molar-refractivity contribution in [2.24, 2.45) is 5.92 Å². The first kappa shape index (κ1) is 13.4. The molecule has 1 aromatic heterocycles. The molecule has 1 N–H and O–H groups in total. The van der Waals surface area contributed by atoms with E-state index in [9.17, 15) is 0 Å². The van der Waals surface area contributed by atoms with Crippen LogP contribution in [-0.2, 0) is 13.1 Å². The molecule has 0 aliphatic rings. The summed E-state index contributed by atoms with van der Waals surface area (Å²) < 4.78 is 7.14. The molecular weight excluding hydrogens is 240 g/mol. The predicted octanol–water partition coefficient (Wildman–Crippen LogP) is 2.55. The lowest BCUT2D eigenvalue weighted by Gasteiger charge is -2.10. The largest absolute Gasteiger partial charge is 0.497 e. The minimum Gasteiger partial charge on any atom is -0.497 e. The SMILES string of the molecule is COc1cccc(NCc2ncnn2CC(C)C)c1. The third-order valence-electron chi connectivity index (χ3n) is 2.75. The van der Waals surface area contributed by atoms with Crippen LogP contribution in [0.1, 0.15) is 19.7 Å². The molecule has 0 fully saturated rings. The van der Waals surface area contributed by atoms with Crippen LogP contribution in [0, 0.1) is 5.92 Å². The van der Waals surface area contributed by atoms with E-state index in [1.165, 1.54) is 0 Å². The van der Waals surface area contributed by atoms with Crippen molar-refractivity contribution < 1.29 is 4.74 Å². The summed E-state index contributed by atoms with van der Waals surface area (Å²) in [5.41, 5.74) is 1.01. The highest BCUT2D eigenvalue weighted by Gasteiger charge is 2.06. The predicted molar refractivity (Wildman–Crippen MR) is 75.2 cm³/mol. The van der Waals surface area contributed by atoms with Gasteiger partial charge in [-0.25, -0.2) is 9.67 Å². The maximum absolute atomic E-state index is 5.20. The van der Waals surface area contributed by atoms with E-state index < -0.39 is 0 Å². The molecule has 0 unspecified atom stereocenters. The van der Waals surface area contributed by atoms with E-state index in [1.807, 2.05) is 28.9 Å². The Hall–Kier alpha value is -2.04. The second kappa shape index (κ2) is 6.22. The zero-order valence-electron chi connectivity index (χ0n) is 11.6. The molecule has 5 heteroatoms. The molecule has 0 aliphatic heterocycles. The number of rotatable bonds is 6. The quantitative estimate of drug-likeness (QED) is 0.867. The van der Waals surface area contributed by atoms with E-state index in [1.54, 1.807) is 13.4 Å². The molecule has 19 heavy (non-hydrogen) atoms. The highest BCUT2D eigenvalue weighted by molar-refractivity contribution is 5.48. The third-order valence-corrected chi connectivity index (χ3v) is 2.75. The van der Waals surface area contributed by atoms with Gasteiger partial charge in [-0.1, -0.05) is 19.9 Å². The average Bonchev–Trinajstić information content (AvgIpc) is 2.83. The van der Waals surface area contributed by atoms with Gasteiger partial charge in [0.1, 0.15) is 17.9 Å². The lowest BCUT2D eigenvalue weighted by atomic mass is 10.2. The molecule has 102 valence electrons. The van der Waals surface area contributed by atoms with E-state index >= 15 is 0 Å². The van der Waals surface area contributed by atoms with E-state index in [-0.39, 0.29) is 0 Å². The number of anilines is 1. The molecule has 0 aliphatic carbocycles. The number of aromatic nitrogens is 3. The maximum atomic E-state index is 5.20. The number of ether oxygens (including phenoxy) is 1. The molecule has 1 heterocycles. The zero-order chi connectivity index (χ0) is 13.7. The van der Waals surface area contributed by atoms with Crippen molar-refractivity contribution >= 4 is 5.69 Å². The molecule has 0 bridgehead atoms.